The Bertz CT molecular complexity index is 914. The molecule has 0 aromatic heterocycles. The van der Waals surface area contributed by atoms with Crippen LogP contribution in [0.15, 0.2) is 72.8 Å². The summed E-state index contributed by atoms with van der Waals surface area (Å²) in [7, 11) is 0. The zero-order valence-corrected chi connectivity index (χ0v) is 16.5. The molecule has 0 N–H and O–H groups in total. The number of benzene rings is 3. The number of rotatable bonds is 3. The van der Waals surface area contributed by atoms with Crippen LogP contribution in [0.4, 0.5) is 5.69 Å². The molecule has 4 rings (SSSR count). The van der Waals surface area contributed by atoms with Crippen LogP contribution in [0.25, 0.3) is 0 Å². The molecule has 0 amide bonds. The molecular weight excluding hydrogens is 330 g/mol. The maximum atomic E-state index is 6.76. The lowest BCUT2D eigenvalue weighted by Crippen LogP contribution is -2.32. The Morgan fingerprint density at radius 3 is 1.96 bits per heavy atom. The van der Waals surface area contributed by atoms with Crippen LogP contribution in [0.3, 0.4) is 0 Å². The van der Waals surface area contributed by atoms with E-state index in [9.17, 15) is 0 Å². The maximum Gasteiger partial charge on any atom is 0.158 e. The fourth-order valence-corrected chi connectivity index (χ4v) is 4.30. The molecule has 0 saturated carbocycles. The van der Waals surface area contributed by atoms with Gasteiger partial charge in [-0.15, -0.1) is 0 Å². The monoisotopic (exact) mass is 357 g/mol. The smallest absolute Gasteiger partial charge is 0.158 e. The molecule has 2 nitrogen and oxygen atoms in total. The van der Waals surface area contributed by atoms with Gasteiger partial charge in [-0.2, -0.15) is 0 Å². The molecule has 3 aromatic carbocycles. The quantitative estimate of drug-likeness (QED) is 0.547. The van der Waals surface area contributed by atoms with Crippen molar-refractivity contribution >= 4 is 5.69 Å². The molecular formula is C25H27NO. The lowest BCUT2D eigenvalue weighted by atomic mass is 9.99. The minimum Gasteiger partial charge on any atom is -0.344 e. The zero-order chi connectivity index (χ0) is 19.0. The van der Waals surface area contributed by atoms with Gasteiger partial charge < -0.3 is 9.64 Å². The Kier molecular flexibility index (Phi) is 4.75. The average Bonchev–Trinajstić information content (AvgIpc) is 3.00. The number of aryl methyl sites for hydroxylation is 3. The van der Waals surface area contributed by atoms with E-state index in [0.29, 0.717) is 0 Å². The van der Waals surface area contributed by atoms with Gasteiger partial charge in [0.2, 0.25) is 0 Å². The summed E-state index contributed by atoms with van der Waals surface area (Å²) in [6.07, 6.45) is -0.0534. The average molecular weight is 357 g/mol. The van der Waals surface area contributed by atoms with Crippen molar-refractivity contribution in [2.75, 3.05) is 4.90 Å². The minimum absolute atomic E-state index is 0.0369. The predicted octanol–water partition coefficient (Wildman–Crippen LogP) is 6.28. The van der Waals surface area contributed by atoms with Crippen LogP contribution in [0.5, 0.6) is 0 Å². The van der Waals surface area contributed by atoms with Crippen molar-refractivity contribution in [3.05, 3.63) is 101 Å². The first-order chi connectivity index (χ1) is 13.1. The van der Waals surface area contributed by atoms with Crippen LogP contribution in [-0.2, 0) is 4.74 Å². The minimum atomic E-state index is -0.0903. The van der Waals surface area contributed by atoms with Crippen molar-refractivity contribution in [3.63, 3.8) is 0 Å². The van der Waals surface area contributed by atoms with Gasteiger partial charge >= 0.3 is 0 Å². The third kappa shape index (κ3) is 3.15. The molecule has 1 aliphatic heterocycles. The summed E-state index contributed by atoms with van der Waals surface area (Å²) in [6.45, 7) is 8.82. The Balaban J connectivity index is 1.85. The summed E-state index contributed by atoms with van der Waals surface area (Å²) in [5.41, 5.74) is 7.59. The molecule has 0 radical (unpaired) electrons. The zero-order valence-electron chi connectivity index (χ0n) is 16.5. The van der Waals surface area contributed by atoms with Gasteiger partial charge in [0, 0.05) is 11.3 Å². The van der Waals surface area contributed by atoms with Gasteiger partial charge in [-0.05, 0) is 56.0 Å². The lowest BCUT2D eigenvalue weighted by Gasteiger charge is -2.32. The number of nitrogens with zero attached hydrogens (tertiary/aromatic N) is 1. The summed E-state index contributed by atoms with van der Waals surface area (Å²) < 4.78 is 6.76. The van der Waals surface area contributed by atoms with Gasteiger partial charge in [0.1, 0.15) is 6.10 Å². The van der Waals surface area contributed by atoms with Gasteiger partial charge in [0.25, 0.3) is 0 Å². The van der Waals surface area contributed by atoms with Gasteiger partial charge in [0.05, 0.1) is 6.04 Å². The van der Waals surface area contributed by atoms with Crippen molar-refractivity contribution < 1.29 is 4.74 Å². The van der Waals surface area contributed by atoms with Crippen molar-refractivity contribution in [2.24, 2.45) is 0 Å². The number of para-hydroxylation sites is 1. The highest BCUT2D eigenvalue weighted by atomic mass is 16.5. The number of hydrogen-bond donors (Lipinski definition) is 0. The second-order valence-corrected chi connectivity index (χ2v) is 7.56. The highest BCUT2D eigenvalue weighted by Crippen LogP contribution is 2.47. The lowest BCUT2D eigenvalue weighted by molar-refractivity contribution is 0.0411. The van der Waals surface area contributed by atoms with Gasteiger partial charge in [-0.1, -0.05) is 66.7 Å². The van der Waals surface area contributed by atoms with Crippen molar-refractivity contribution in [1.29, 1.82) is 0 Å². The van der Waals surface area contributed by atoms with Crippen molar-refractivity contribution in [2.45, 2.75) is 46.1 Å². The van der Waals surface area contributed by atoms with Crippen molar-refractivity contribution in [1.82, 2.24) is 0 Å². The fourth-order valence-electron chi connectivity index (χ4n) is 4.30. The molecule has 138 valence electrons. The molecule has 1 fully saturated rings. The molecule has 0 bridgehead atoms. The van der Waals surface area contributed by atoms with E-state index in [1.54, 1.807) is 0 Å². The molecule has 2 heteroatoms. The third-order valence-corrected chi connectivity index (χ3v) is 5.72. The van der Waals surface area contributed by atoms with Gasteiger partial charge in [-0.25, -0.2) is 0 Å². The molecule has 3 atom stereocenters. The maximum absolute atomic E-state index is 6.76. The Hall–Kier alpha value is -2.58. The van der Waals surface area contributed by atoms with Gasteiger partial charge in [-0.3, -0.25) is 0 Å². The molecule has 3 aromatic rings. The van der Waals surface area contributed by atoms with E-state index >= 15 is 0 Å². The summed E-state index contributed by atoms with van der Waals surface area (Å²) in [4.78, 5) is 2.46. The first kappa shape index (κ1) is 17.8. The number of hydrogen-bond acceptors (Lipinski definition) is 2. The van der Waals surface area contributed by atoms with E-state index in [-0.39, 0.29) is 18.4 Å². The number of anilines is 1. The van der Waals surface area contributed by atoms with E-state index in [1.807, 2.05) is 0 Å². The first-order valence-electron chi connectivity index (χ1n) is 9.68. The summed E-state index contributed by atoms with van der Waals surface area (Å²) in [5, 5.41) is 0. The van der Waals surface area contributed by atoms with E-state index in [0.717, 1.165) is 0 Å². The van der Waals surface area contributed by atoms with Crippen LogP contribution in [-0.4, -0.2) is 6.04 Å². The highest BCUT2D eigenvalue weighted by Gasteiger charge is 2.42. The Labute approximate surface area is 162 Å². The molecule has 0 aliphatic carbocycles. The van der Waals surface area contributed by atoms with Crippen LogP contribution in [0.2, 0.25) is 0 Å². The van der Waals surface area contributed by atoms with E-state index in [4.69, 9.17) is 4.74 Å². The highest BCUT2D eigenvalue weighted by molar-refractivity contribution is 5.57. The predicted molar refractivity (Wildman–Crippen MR) is 112 cm³/mol. The first-order valence-corrected chi connectivity index (χ1v) is 9.68. The van der Waals surface area contributed by atoms with Gasteiger partial charge in [0.15, 0.2) is 6.23 Å². The standard InChI is InChI=1S/C25H27NO/c1-17-11-8-9-16-22(17)26-20(4)24(21-14-6-5-7-15-21)27-25(26)23-18(2)12-10-13-19(23)3/h5-16,20,24-25H,1-4H3/t20-,24?,25?/m0/s1. The van der Waals surface area contributed by atoms with E-state index < -0.39 is 0 Å². The Morgan fingerprint density at radius 2 is 1.30 bits per heavy atom. The molecule has 1 heterocycles. The fraction of sp³-hybridized carbons (Fsp3) is 0.280. The largest absolute Gasteiger partial charge is 0.344 e. The summed E-state index contributed by atoms with van der Waals surface area (Å²) in [6, 6.07) is 25.9. The van der Waals surface area contributed by atoms with Crippen LogP contribution in [0.1, 0.15) is 47.1 Å². The molecule has 27 heavy (non-hydrogen) atoms. The van der Waals surface area contributed by atoms with Crippen molar-refractivity contribution in [3.8, 4) is 0 Å². The summed E-state index contributed by atoms with van der Waals surface area (Å²) >= 11 is 0. The SMILES string of the molecule is Cc1ccccc1N1C(c2c(C)cccc2C)OC(c2ccccc2)[C@@H]1C. The number of ether oxygens (including phenoxy) is 1. The molecule has 2 unspecified atom stereocenters. The Morgan fingerprint density at radius 1 is 0.704 bits per heavy atom. The topological polar surface area (TPSA) is 12.5 Å². The molecule has 0 spiro atoms. The third-order valence-electron chi connectivity index (χ3n) is 5.72. The summed E-state index contributed by atoms with van der Waals surface area (Å²) in [5.74, 6) is 0. The second kappa shape index (κ2) is 7.21. The normalized spacial score (nSPS) is 22.2. The molecule has 1 aliphatic rings. The van der Waals surface area contributed by atoms with E-state index in [2.05, 4.69) is 105 Å². The van der Waals surface area contributed by atoms with E-state index in [1.165, 1.54) is 33.5 Å². The second-order valence-electron chi connectivity index (χ2n) is 7.56. The van der Waals surface area contributed by atoms with Crippen LogP contribution < -0.4 is 4.90 Å². The van der Waals surface area contributed by atoms with Crippen LogP contribution in [0, 0.1) is 20.8 Å². The van der Waals surface area contributed by atoms with Crippen LogP contribution >= 0.6 is 0 Å². The molecule has 1 saturated heterocycles.